The Morgan fingerprint density at radius 3 is 2.55 bits per heavy atom. The monoisotopic (exact) mass is 290 g/mol. The summed E-state index contributed by atoms with van der Waals surface area (Å²) >= 11 is 1.87. The number of nitrogens with one attached hydrogen (secondary N) is 1. The van der Waals surface area contributed by atoms with E-state index in [2.05, 4.69) is 42.4 Å². The SMILES string of the molecule is CNCc1cc(CN(C)c2ccc(OC)cc2)c(C)s1. The van der Waals surface area contributed by atoms with Crippen LogP contribution in [0.2, 0.25) is 0 Å². The van der Waals surface area contributed by atoms with Gasteiger partial charge in [0, 0.05) is 35.6 Å². The largest absolute Gasteiger partial charge is 0.497 e. The van der Waals surface area contributed by atoms with Crippen LogP contribution in [0.5, 0.6) is 5.75 Å². The maximum atomic E-state index is 5.19. The molecule has 0 aliphatic rings. The molecule has 0 fully saturated rings. The van der Waals surface area contributed by atoms with Gasteiger partial charge in [0.15, 0.2) is 0 Å². The fourth-order valence-electron chi connectivity index (χ4n) is 2.19. The molecule has 1 N–H and O–H groups in total. The minimum absolute atomic E-state index is 0.894. The van der Waals surface area contributed by atoms with Gasteiger partial charge in [-0.05, 0) is 49.9 Å². The molecule has 0 aliphatic carbocycles. The molecule has 0 spiro atoms. The quantitative estimate of drug-likeness (QED) is 0.882. The Hall–Kier alpha value is -1.52. The molecule has 3 nitrogen and oxygen atoms in total. The third-order valence-corrected chi connectivity index (χ3v) is 4.44. The first-order valence-electron chi connectivity index (χ1n) is 6.72. The van der Waals surface area contributed by atoms with Crippen molar-refractivity contribution in [2.45, 2.75) is 20.0 Å². The number of ether oxygens (including phenoxy) is 1. The van der Waals surface area contributed by atoms with Crippen LogP contribution in [0.3, 0.4) is 0 Å². The molecular weight excluding hydrogens is 268 g/mol. The van der Waals surface area contributed by atoms with Crippen LogP contribution in [0, 0.1) is 6.92 Å². The molecule has 0 bridgehead atoms. The summed E-state index contributed by atoms with van der Waals surface area (Å²) in [5.41, 5.74) is 2.60. The van der Waals surface area contributed by atoms with Crippen molar-refractivity contribution in [3.63, 3.8) is 0 Å². The summed E-state index contributed by atoms with van der Waals surface area (Å²) in [7, 11) is 5.80. The summed E-state index contributed by atoms with van der Waals surface area (Å²) in [5.74, 6) is 0.894. The van der Waals surface area contributed by atoms with E-state index in [1.54, 1.807) is 7.11 Å². The van der Waals surface area contributed by atoms with Gasteiger partial charge in [0.2, 0.25) is 0 Å². The molecule has 0 unspecified atom stereocenters. The third-order valence-electron chi connectivity index (χ3n) is 3.34. The minimum atomic E-state index is 0.894. The molecule has 0 radical (unpaired) electrons. The standard InChI is InChI=1S/C16H22N2OS/c1-12-13(9-16(20-12)10-17-2)11-18(3)14-5-7-15(19-4)8-6-14/h5-9,17H,10-11H2,1-4H3. The number of hydrogen-bond acceptors (Lipinski definition) is 4. The third kappa shape index (κ3) is 3.52. The van der Waals surface area contributed by atoms with E-state index in [1.165, 1.54) is 21.0 Å². The van der Waals surface area contributed by atoms with Crippen molar-refractivity contribution in [2.75, 3.05) is 26.1 Å². The van der Waals surface area contributed by atoms with Gasteiger partial charge < -0.3 is 15.0 Å². The molecular formula is C16H22N2OS. The predicted octanol–water partition coefficient (Wildman–Crippen LogP) is 3.42. The second kappa shape index (κ2) is 6.77. The summed E-state index contributed by atoms with van der Waals surface area (Å²) in [6, 6.07) is 10.5. The fraction of sp³-hybridized carbons (Fsp3) is 0.375. The highest BCUT2D eigenvalue weighted by molar-refractivity contribution is 7.12. The van der Waals surface area contributed by atoms with Gasteiger partial charge in [-0.15, -0.1) is 11.3 Å². The van der Waals surface area contributed by atoms with Crippen molar-refractivity contribution >= 4 is 17.0 Å². The van der Waals surface area contributed by atoms with Gasteiger partial charge in [0.1, 0.15) is 5.75 Å². The van der Waals surface area contributed by atoms with Crippen LogP contribution in [-0.4, -0.2) is 21.2 Å². The summed E-state index contributed by atoms with van der Waals surface area (Å²) in [6.45, 7) is 4.07. The Bertz CT molecular complexity index is 548. The van der Waals surface area contributed by atoms with E-state index >= 15 is 0 Å². The van der Waals surface area contributed by atoms with E-state index in [0.29, 0.717) is 0 Å². The second-order valence-electron chi connectivity index (χ2n) is 4.88. The van der Waals surface area contributed by atoms with E-state index in [0.717, 1.165) is 18.8 Å². The number of benzene rings is 1. The van der Waals surface area contributed by atoms with Gasteiger partial charge in [-0.25, -0.2) is 0 Å². The van der Waals surface area contributed by atoms with Gasteiger partial charge in [-0.1, -0.05) is 0 Å². The first kappa shape index (κ1) is 14.9. The number of aryl methyl sites for hydroxylation is 1. The maximum Gasteiger partial charge on any atom is 0.119 e. The highest BCUT2D eigenvalue weighted by Gasteiger charge is 2.08. The number of thiophene rings is 1. The number of nitrogens with zero attached hydrogens (tertiary/aromatic N) is 1. The molecule has 0 saturated heterocycles. The van der Waals surface area contributed by atoms with E-state index in [9.17, 15) is 0 Å². The number of rotatable bonds is 6. The molecule has 1 aromatic heterocycles. The van der Waals surface area contributed by atoms with Crippen molar-refractivity contribution in [3.05, 3.63) is 45.6 Å². The Morgan fingerprint density at radius 2 is 1.95 bits per heavy atom. The lowest BCUT2D eigenvalue weighted by Gasteiger charge is -2.19. The Kier molecular flexibility index (Phi) is 5.04. The van der Waals surface area contributed by atoms with E-state index in [-0.39, 0.29) is 0 Å². The molecule has 20 heavy (non-hydrogen) atoms. The highest BCUT2D eigenvalue weighted by atomic mass is 32.1. The minimum Gasteiger partial charge on any atom is -0.497 e. The van der Waals surface area contributed by atoms with Crippen LogP contribution in [0.4, 0.5) is 5.69 Å². The Balaban J connectivity index is 2.08. The Morgan fingerprint density at radius 1 is 1.25 bits per heavy atom. The maximum absolute atomic E-state index is 5.19. The van der Waals surface area contributed by atoms with Crippen LogP contribution in [0.15, 0.2) is 30.3 Å². The fourth-order valence-corrected chi connectivity index (χ4v) is 3.25. The smallest absolute Gasteiger partial charge is 0.119 e. The van der Waals surface area contributed by atoms with Gasteiger partial charge in [0.05, 0.1) is 7.11 Å². The van der Waals surface area contributed by atoms with Crippen molar-refractivity contribution < 1.29 is 4.74 Å². The van der Waals surface area contributed by atoms with Gasteiger partial charge in [0.25, 0.3) is 0 Å². The van der Waals surface area contributed by atoms with Crippen LogP contribution >= 0.6 is 11.3 Å². The second-order valence-corrected chi connectivity index (χ2v) is 6.22. The first-order valence-corrected chi connectivity index (χ1v) is 7.53. The lowest BCUT2D eigenvalue weighted by atomic mass is 10.2. The van der Waals surface area contributed by atoms with Crippen LogP contribution in [-0.2, 0) is 13.1 Å². The molecule has 108 valence electrons. The molecule has 2 aromatic rings. The van der Waals surface area contributed by atoms with E-state index in [1.807, 2.05) is 30.5 Å². The molecule has 2 rings (SSSR count). The summed E-state index contributed by atoms with van der Waals surface area (Å²) in [6.07, 6.45) is 0. The normalized spacial score (nSPS) is 10.6. The van der Waals surface area contributed by atoms with Crippen molar-refractivity contribution in [3.8, 4) is 5.75 Å². The molecule has 0 saturated carbocycles. The highest BCUT2D eigenvalue weighted by Crippen LogP contribution is 2.25. The lowest BCUT2D eigenvalue weighted by Crippen LogP contribution is -2.16. The van der Waals surface area contributed by atoms with Crippen LogP contribution < -0.4 is 15.0 Å². The lowest BCUT2D eigenvalue weighted by molar-refractivity contribution is 0.415. The molecule has 1 heterocycles. The summed E-state index contributed by atoms with van der Waals surface area (Å²) in [5, 5.41) is 3.21. The molecule has 0 aliphatic heterocycles. The number of anilines is 1. The predicted molar refractivity (Wildman–Crippen MR) is 86.9 cm³/mol. The van der Waals surface area contributed by atoms with Gasteiger partial charge in [-0.3, -0.25) is 0 Å². The zero-order chi connectivity index (χ0) is 14.5. The molecule has 1 aromatic carbocycles. The zero-order valence-electron chi connectivity index (χ0n) is 12.6. The van der Waals surface area contributed by atoms with E-state index < -0.39 is 0 Å². The average Bonchev–Trinajstić information content (AvgIpc) is 2.79. The van der Waals surface area contributed by atoms with Crippen LogP contribution in [0.1, 0.15) is 15.3 Å². The average molecular weight is 290 g/mol. The van der Waals surface area contributed by atoms with Crippen molar-refractivity contribution in [2.24, 2.45) is 0 Å². The Labute approximate surface area is 125 Å². The zero-order valence-corrected chi connectivity index (χ0v) is 13.4. The van der Waals surface area contributed by atoms with Crippen molar-refractivity contribution in [1.29, 1.82) is 0 Å². The molecule has 0 amide bonds. The van der Waals surface area contributed by atoms with Crippen molar-refractivity contribution in [1.82, 2.24) is 5.32 Å². The molecule has 4 heteroatoms. The topological polar surface area (TPSA) is 24.5 Å². The summed E-state index contributed by atoms with van der Waals surface area (Å²) in [4.78, 5) is 5.05. The number of hydrogen-bond donors (Lipinski definition) is 1. The molecule has 0 atom stereocenters. The summed E-state index contributed by atoms with van der Waals surface area (Å²) < 4.78 is 5.19. The first-order chi connectivity index (χ1) is 9.63. The van der Waals surface area contributed by atoms with Gasteiger partial charge >= 0.3 is 0 Å². The number of methoxy groups -OCH3 is 1. The van der Waals surface area contributed by atoms with E-state index in [4.69, 9.17) is 4.74 Å². The van der Waals surface area contributed by atoms with Gasteiger partial charge in [-0.2, -0.15) is 0 Å². The van der Waals surface area contributed by atoms with Crippen LogP contribution in [0.25, 0.3) is 0 Å².